The highest BCUT2D eigenvalue weighted by Gasteiger charge is 2.21. The van der Waals surface area contributed by atoms with Crippen molar-refractivity contribution < 1.29 is 23.8 Å². The molecule has 0 fully saturated rings. The number of nitrogens with zero attached hydrogens (tertiary/aromatic N) is 1. The highest BCUT2D eigenvalue weighted by atomic mass is 16.5. The second-order valence-corrected chi connectivity index (χ2v) is 5.81. The van der Waals surface area contributed by atoms with Gasteiger partial charge in [-0.25, -0.2) is 4.79 Å². The van der Waals surface area contributed by atoms with Crippen LogP contribution < -0.4 is 9.47 Å². The molecule has 0 saturated heterocycles. The Morgan fingerprint density at radius 1 is 1.07 bits per heavy atom. The summed E-state index contributed by atoms with van der Waals surface area (Å²) in [7, 11) is 1.53. The first-order valence-corrected chi connectivity index (χ1v) is 8.72. The summed E-state index contributed by atoms with van der Waals surface area (Å²) >= 11 is 0. The first kappa shape index (κ1) is 20.7. The molecule has 0 unspecified atom stereocenters. The van der Waals surface area contributed by atoms with Gasteiger partial charge in [-0.1, -0.05) is 12.1 Å². The number of ether oxygens (including phenoxy) is 3. The van der Waals surface area contributed by atoms with Crippen LogP contribution in [0.1, 0.15) is 29.8 Å². The van der Waals surface area contributed by atoms with Gasteiger partial charge < -0.3 is 14.2 Å². The molecule has 0 aromatic heterocycles. The van der Waals surface area contributed by atoms with E-state index in [1.165, 1.54) is 20.1 Å². The molecular formula is C22H21NO5. The maximum atomic E-state index is 12.4. The van der Waals surface area contributed by atoms with E-state index in [0.29, 0.717) is 29.2 Å². The van der Waals surface area contributed by atoms with Crippen LogP contribution in [0, 0.1) is 11.3 Å². The molecule has 0 heterocycles. The third-order valence-electron chi connectivity index (χ3n) is 3.87. The standard InChI is InChI=1S/C22H21NO5/c1-4-27-20-9-5-16(6-10-20)13-18(14-23)22(25)28-15(2)21(24)17-7-11-19(26-3)12-8-17/h5-13,15H,4H2,1-3H3/b18-13+/t15-/m0/s1. The minimum Gasteiger partial charge on any atom is -0.497 e. The van der Waals surface area contributed by atoms with Crippen molar-refractivity contribution >= 4 is 17.8 Å². The van der Waals surface area contributed by atoms with Gasteiger partial charge in [-0.05, 0) is 61.9 Å². The van der Waals surface area contributed by atoms with Gasteiger partial charge in [0, 0.05) is 5.56 Å². The number of rotatable bonds is 8. The second kappa shape index (κ2) is 9.93. The Morgan fingerprint density at radius 2 is 1.68 bits per heavy atom. The Morgan fingerprint density at radius 3 is 2.21 bits per heavy atom. The van der Waals surface area contributed by atoms with Crippen LogP contribution in [0.15, 0.2) is 54.1 Å². The first-order chi connectivity index (χ1) is 13.5. The van der Waals surface area contributed by atoms with Gasteiger partial charge in [0.05, 0.1) is 13.7 Å². The van der Waals surface area contributed by atoms with Crippen LogP contribution in [0.4, 0.5) is 0 Å². The van der Waals surface area contributed by atoms with Crippen molar-refractivity contribution in [2.24, 2.45) is 0 Å². The molecule has 0 N–H and O–H groups in total. The van der Waals surface area contributed by atoms with Gasteiger partial charge in [-0.3, -0.25) is 4.79 Å². The van der Waals surface area contributed by atoms with Crippen molar-refractivity contribution in [3.63, 3.8) is 0 Å². The zero-order chi connectivity index (χ0) is 20.5. The molecule has 0 aliphatic rings. The fraction of sp³-hybridized carbons (Fsp3) is 0.227. The summed E-state index contributed by atoms with van der Waals surface area (Å²) < 4.78 is 15.6. The van der Waals surface area contributed by atoms with Gasteiger partial charge in [-0.2, -0.15) is 5.26 Å². The van der Waals surface area contributed by atoms with E-state index >= 15 is 0 Å². The molecule has 0 saturated carbocycles. The summed E-state index contributed by atoms with van der Waals surface area (Å²) in [6, 6.07) is 15.2. The van der Waals surface area contributed by atoms with Gasteiger partial charge in [-0.15, -0.1) is 0 Å². The van der Waals surface area contributed by atoms with E-state index in [9.17, 15) is 14.9 Å². The normalized spacial score (nSPS) is 11.9. The third kappa shape index (κ3) is 5.45. The molecule has 0 bridgehead atoms. The van der Waals surface area contributed by atoms with E-state index in [2.05, 4.69) is 0 Å². The van der Waals surface area contributed by atoms with E-state index in [1.807, 2.05) is 13.0 Å². The minimum atomic E-state index is -1.03. The maximum absolute atomic E-state index is 12.4. The Hall–Kier alpha value is -3.59. The van der Waals surface area contributed by atoms with Crippen LogP contribution in [0.5, 0.6) is 11.5 Å². The number of Topliss-reactive ketones (excluding diaryl/α,β-unsaturated/α-hetero) is 1. The predicted octanol–water partition coefficient (Wildman–Crippen LogP) is 3.82. The highest BCUT2D eigenvalue weighted by Crippen LogP contribution is 2.17. The lowest BCUT2D eigenvalue weighted by atomic mass is 10.1. The van der Waals surface area contributed by atoms with Crippen molar-refractivity contribution in [1.82, 2.24) is 0 Å². The lowest BCUT2D eigenvalue weighted by Gasteiger charge is -2.12. The van der Waals surface area contributed by atoms with Gasteiger partial charge in [0.25, 0.3) is 0 Å². The smallest absolute Gasteiger partial charge is 0.349 e. The van der Waals surface area contributed by atoms with Crippen molar-refractivity contribution in [3.8, 4) is 17.6 Å². The Kier molecular flexibility index (Phi) is 7.35. The quantitative estimate of drug-likeness (QED) is 0.300. The van der Waals surface area contributed by atoms with E-state index < -0.39 is 12.1 Å². The number of carbonyl (C=O) groups excluding carboxylic acids is 2. The zero-order valence-corrected chi connectivity index (χ0v) is 16.0. The molecule has 0 amide bonds. The number of hydrogen-bond donors (Lipinski definition) is 0. The molecule has 0 aliphatic heterocycles. The highest BCUT2D eigenvalue weighted by molar-refractivity contribution is 6.03. The molecule has 28 heavy (non-hydrogen) atoms. The SMILES string of the molecule is CCOc1ccc(/C=C(\C#N)C(=O)O[C@@H](C)C(=O)c2ccc(OC)cc2)cc1. The average molecular weight is 379 g/mol. The summed E-state index contributed by atoms with van der Waals surface area (Å²) in [4.78, 5) is 24.7. The minimum absolute atomic E-state index is 0.196. The fourth-order valence-corrected chi connectivity index (χ4v) is 2.40. The van der Waals surface area contributed by atoms with E-state index in [-0.39, 0.29) is 11.4 Å². The topological polar surface area (TPSA) is 85.6 Å². The number of carbonyl (C=O) groups is 2. The van der Waals surface area contributed by atoms with E-state index in [0.717, 1.165) is 0 Å². The first-order valence-electron chi connectivity index (χ1n) is 8.72. The van der Waals surface area contributed by atoms with Crippen LogP contribution in [0.2, 0.25) is 0 Å². The summed E-state index contributed by atoms with van der Waals surface area (Å²) in [6.07, 6.45) is 0.376. The molecule has 0 spiro atoms. The van der Waals surface area contributed by atoms with E-state index in [4.69, 9.17) is 14.2 Å². The summed E-state index contributed by atoms with van der Waals surface area (Å²) in [5, 5.41) is 9.28. The maximum Gasteiger partial charge on any atom is 0.349 e. The summed E-state index contributed by atoms with van der Waals surface area (Å²) in [5.74, 6) is 0.0887. The molecule has 144 valence electrons. The molecular weight excluding hydrogens is 358 g/mol. The monoisotopic (exact) mass is 379 g/mol. The largest absolute Gasteiger partial charge is 0.497 e. The molecule has 2 rings (SSSR count). The lowest BCUT2D eigenvalue weighted by Crippen LogP contribution is -2.25. The number of esters is 1. The molecule has 1 atom stereocenters. The molecule has 6 nitrogen and oxygen atoms in total. The van der Waals surface area contributed by atoms with Crippen LogP contribution in [-0.2, 0) is 9.53 Å². The van der Waals surface area contributed by atoms with Crippen LogP contribution in [-0.4, -0.2) is 31.6 Å². The van der Waals surface area contributed by atoms with Crippen molar-refractivity contribution in [1.29, 1.82) is 5.26 Å². The molecule has 0 aliphatic carbocycles. The van der Waals surface area contributed by atoms with Gasteiger partial charge in [0.2, 0.25) is 5.78 Å². The number of hydrogen-bond acceptors (Lipinski definition) is 6. The Labute approximate surface area is 164 Å². The summed E-state index contributed by atoms with van der Waals surface area (Å²) in [5.41, 5.74) is 0.833. The second-order valence-electron chi connectivity index (χ2n) is 5.81. The molecule has 0 radical (unpaired) electrons. The third-order valence-corrected chi connectivity index (χ3v) is 3.87. The number of ketones is 1. The Balaban J connectivity index is 2.07. The summed E-state index contributed by atoms with van der Waals surface area (Å²) in [6.45, 7) is 3.90. The molecule has 6 heteroatoms. The predicted molar refractivity (Wildman–Crippen MR) is 104 cm³/mol. The van der Waals surface area contributed by atoms with Crippen molar-refractivity contribution in [3.05, 3.63) is 65.2 Å². The number of benzene rings is 2. The molecule has 2 aromatic rings. The van der Waals surface area contributed by atoms with Gasteiger partial charge >= 0.3 is 5.97 Å². The van der Waals surface area contributed by atoms with Crippen LogP contribution >= 0.6 is 0 Å². The van der Waals surface area contributed by atoms with E-state index in [1.54, 1.807) is 48.5 Å². The molecule has 2 aromatic carbocycles. The fourth-order valence-electron chi connectivity index (χ4n) is 2.40. The van der Waals surface area contributed by atoms with Gasteiger partial charge in [0.1, 0.15) is 23.1 Å². The number of methoxy groups -OCH3 is 1. The Bertz CT molecular complexity index is 892. The van der Waals surface area contributed by atoms with Crippen LogP contribution in [0.25, 0.3) is 6.08 Å². The van der Waals surface area contributed by atoms with Crippen molar-refractivity contribution in [2.75, 3.05) is 13.7 Å². The average Bonchev–Trinajstić information content (AvgIpc) is 2.72. The zero-order valence-electron chi connectivity index (χ0n) is 16.0. The lowest BCUT2D eigenvalue weighted by molar-refractivity contribution is -0.141. The van der Waals surface area contributed by atoms with Crippen LogP contribution in [0.3, 0.4) is 0 Å². The van der Waals surface area contributed by atoms with Gasteiger partial charge in [0.15, 0.2) is 6.10 Å². The number of nitriles is 1. The van der Waals surface area contributed by atoms with Crippen molar-refractivity contribution in [2.45, 2.75) is 20.0 Å².